The summed E-state index contributed by atoms with van der Waals surface area (Å²) in [5, 5.41) is 0. The molecule has 3 aromatic carbocycles. The van der Waals surface area contributed by atoms with Crippen molar-refractivity contribution in [1.29, 1.82) is 0 Å². The van der Waals surface area contributed by atoms with Crippen molar-refractivity contribution in [2.75, 3.05) is 7.11 Å². The van der Waals surface area contributed by atoms with E-state index in [1.807, 2.05) is 91.1 Å². The number of hydrogen-bond donors (Lipinski definition) is 0. The maximum atomic E-state index is 13.2. The summed E-state index contributed by atoms with van der Waals surface area (Å²) >= 11 is 0. The first kappa shape index (κ1) is 16.0. The van der Waals surface area contributed by atoms with E-state index in [0.29, 0.717) is 0 Å². The molecular formula is C22H18N2O2. The van der Waals surface area contributed by atoms with Crippen molar-refractivity contribution in [3.8, 4) is 28.4 Å². The molecule has 0 amide bonds. The van der Waals surface area contributed by atoms with Gasteiger partial charge < -0.3 is 4.74 Å². The molecule has 4 rings (SSSR count). The molecule has 0 saturated heterocycles. The number of benzene rings is 3. The summed E-state index contributed by atoms with van der Waals surface area (Å²) in [6.07, 6.45) is 1.88. The first-order valence-corrected chi connectivity index (χ1v) is 8.37. The van der Waals surface area contributed by atoms with Crippen molar-refractivity contribution in [3.63, 3.8) is 0 Å². The third kappa shape index (κ3) is 2.82. The van der Waals surface area contributed by atoms with Crippen LogP contribution in [0.5, 0.6) is 5.75 Å². The molecule has 0 saturated carbocycles. The summed E-state index contributed by atoms with van der Waals surface area (Å²) < 4.78 is 8.61. The van der Waals surface area contributed by atoms with Gasteiger partial charge in [-0.2, -0.15) is 0 Å². The summed E-state index contributed by atoms with van der Waals surface area (Å²) in [5.74, 6) is 0.757. The first-order chi connectivity index (χ1) is 12.8. The molecule has 0 aliphatic rings. The second-order valence-corrected chi connectivity index (χ2v) is 5.90. The summed E-state index contributed by atoms with van der Waals surface area (Å²) in [6, 6.07) is 27.1. The highest BCUT2D eigenvalue weighted by Crippen LogP contribution is 2.23. The van der Waals surface area contributed by atoms with Gasteiger partial charge in [0.05, 0.1) is 24.2 Å². The average Bonchev–Trinajstić information content (AvgIpc) is 3.06. The SMILES string of the molecule is COc1ccc(-n2cc(-c3ccccc3)n(-c3ccccc3)c2=O)cc1. The van der Waals surface area contributed by atoms with Crippen LogP contribution < -0.4 is 10.4 Å². The average molecular weight is 342 g/mol. The number of ether oxygens (including phenoxy) is 1. The second kappa shape index (κ2) is 6.76. The van der Waals surface area contributed by atoms with Gasteiger partial charge in [0.1, 0.15) is 5.75 Å². The topological polar surface area (TPSA) is 36.2 Å². The van der Waals surface area contributed by atoms with Crippen molar-refractivity contribution in [3.05, 3.63) is 102 Å². The highest BCUT2D eigenvalue weighted by atomic mass is 16.5. The van der Waals surface area contributed by atoms with Gasteiger partial charge in [0.15, 0.2) is 0 Å². The van der Waals surface area contributed by atoms with Crippen LogP contribution in [0.3, 0.4) is 0 Å². The normalized spacial score (nSPS) is 10.7. The van der Waals surface area contributed by atoms with E-state index in [4.69, 9.17) is 4.74 Å². The Balaban J connectivity index is 1.94. The first-order valence-electron chi connectivity index (χ1n) is 8.37. The molecule has 0 aliphatic heterocycles. The maximum absolute atomic E-state index is 13.2. The molecule has 4 heteroatoms. The Morgan fingerprint density at radius 2 is 1.35 bits per heavy atom. The molecule has 0 radical (unpaired) electrons. The molecule has 0 atom stereocenters. The van der Waals surface area contributed by atoms with Crippen LogP contribution in [0.4, 0.5) is 0 Å². The predicted molar refractivity (Wildman–Crippen MR) is 103 cm³/mol. The zero-order valence-electron chi connectivity index (χ0n) is 14.4. The van der Waals surface area contributed by atoms with Crippen LogP contribution in [-0.4, -0.2) is 16.2 Å². The molecule has 4 aromatic rings. The lowest BCUT2D eigenvalue weighted by Crippen LogP contribution is -2.22. The molecule has 0 N–H and O–H groups in total. The summed E-state index contributed by atoms with van der Waals surface area (Å²) in [4.78, 5) is 13.2. The van der Waals surface area contributed by atoms with Crippen LogP contribution in [0.15, 0.2) is 95.9 Å². The number of methoxy groups -OCH3 is 1. The smallest absolute Gasteiger partial charge is 0.337 e. The Morgan fingerprint density at radius 1 is 0.731 bits per heavy atom. The second-order valence-electron chi connectivity index (χ2n) is 5.90. The van der Waals surface area contributed by atoms with Gasteiger partial charge in [-0.15, -0.1) is 0 Å². The van der Waals surface area contributed by atoms with Gasteiger partial charge in [-0.05, 0) is 36.4 Å². The minimum atomic E-state index is -0.111. The van der Waals surface area contributed by atoms with Crippen LogP contribution in [0.2, 0.25) is 0 Å². The lowest BCUT2D eigenvalue weighted by molar-refractivity contribution is 0.414. The summed E-state index contributed by atoms with van der Waals surface area (Å²) in [5.41, 5.74) is 3.35. The minimum absolute atomic E-state index is 0.111. The van der Waals surface area contributed by atoms with Crippen LogP contribution in [-0.2, 0) is 0 Å². The van der Waals surface area contributed by atoms with Crippen molar-refractivity contribution < 1.29 is 4.74 Å². The van der Waals surface area contributed by atoms with Crippen molar-refractivity contribution >= 4 is 0 Å². The fourth-order valence-corrected chi connectivity index (χ4v) is 3.01. The number of imidazole rings is 1. The molecule has 1 heterocycles. The highest BCUT2D eigenvalue weighted by molar-refractivity contribution is 5.62. The third-order valence-corrected chi connectivity index (χ3v) is 4.32. The predicted octanol–water partition coefficient (Wildman–Crippen LogP) is 4.30. The number of rotatable bonds is 4. The lowest BCUT2D eigenvalue weighted by atomic mass is 10.1. The zero-order chi connectivity index (χ0) is 17.9. The standard InChI is InChI=1S/C22H18N2O2/c1-26-20-14-12-18(13-15-20)23-16-21(17-8-4-2-5-9-17)24(22(23)25)19-10-6-3-7-11-19/h2-16H,1H3. The van der Waals surface area contributed by atoms with Gasteiger partial charge in [-0.3, -0.25) is 9.13 Å². The Hall–Kier alpha value is -3.53. The van der Waals surface area contributed by atoms with Crippen LogP contribution in [0.1, 0.15) is 0 Å². The van der Waals surface area contributed by atoms with Gasteiger partial charge >= 0.3 is 5.69 Å². The van der Waals surface area contributed by atoms with E-state index in [1.54, 1.807) is 16.2 Å². The van der Waals surface area contributed by atoms with Gasteiger partial charge in [0, 0.05) is 11.8 Å². The molecule has 1 aromatic heterocycles. The van der Waals surface area contributed by atoms with E-state index in [1.165, 1.54) is 0 Å². The van der Waals surface area contributed by atoms with E-state index in [9.17, 15) is 4.79 Å². The monoisotopic (exact) mass is 342 g/mol. The Labute approximate surface area is 151 Å². The van der Waals surface area contributed by atoms with E-state index in [-0.39, 0.29) is 5.69 Å². The van der Waals surface area contributed by atoms with Crippen LogP contribution in [0.25, 0.3) is 22.6 Å². The number of aromatic nitrogens is 2. The van der Waals surface area contributed by atoms with Crippen molar-refractivity contribution in [2.45, 2.75) is 0 Å². The third-order valence-electron chi connectivity index (χ3n) is 4.32. The van der Waals surface area contributed by atoms with Crippen molar-refractivity contribution in [1.82, 2.24) is 9.13 Å². The maximum Gasteiger partial charge on any atom is 0.337 e. The fourth-order valence-electron chi connectivity index (χ4n) is 3.01. The van der Waals surface area contributed by atoms with E-state index in [2.05, 4.69) is 0 Å². The van der Waals surface area contributed by atoms with Crippen LogP contribution >= 0.6 is 0 Å². The van der Waals surface area contributed by atoms with E-state index in [0.717, 1.165) is 28.4 Å². The largest absolute Gasteiger partial charge is 0.497 e. The summed E-state index contributed by atoms with van der Waals surface area (Å²) in [7, 11) is 1.63. The quantitative estimate of drug-likeness (QED) is 0.554. The Bertz CT molecular complexity index is 1060. The molecule has 26 heavy (non-hydrogen) atoms. The number of para-hydroxylation sites is 1. The zero-order valence-corrected chi connectivity index (χ0v) is 14.4. The van der Waals surface area contributed by atoms with Crippen LogP contribution in [0, 0.1) is 0 Å². The Kier molecular flexibility index (Phi) is 4.15. The molecular weight excluding hydrogens is 324 g/mol. The minimum Gasteiger partial charge on any atom is -0.497 e. The summed E-state index contributed by atoms with van der Waals surface area (Å²) in [6.45, 7) is 0. The lowest BCUT2D eigenvalue weighted by Gasteiger charge is -2.07. The fraction of sp³-hybridized carbons (Fsp3) is 0.0455. The van der Waals surface area contributed by atoms with Gasteiger partial charge in [0.2, 0.25) is 0 Å². The molecule has 128 valence electrons. The van der Waals surface area contributed by atoms with Gasteiger partial charge in [0.25, 0.3) is 0 Å². The van der Waals surface area contributed by atoms with Gasteiger partial charge in [-0.1, -0.05) is 48.5 Å². The van der Waals surface area contributed by atoms with E-state index >= 15 is 0 Å². The number of nitrogens with zero attached hydrogens (tertiary/aromatic N) is 2. The molecule has 0 spiro atoms. The highest BCUT2D eigenvalue weighted by Gasteiger charge is 2.15. The Morgan fingerprint density at radius 3 is 1.96 bits per heavy atom. The van der Waals surface area contributed by atoms with E-state index < -0.39 is 0 Å². The molecule has 0 aliphatic carbocycles. The molecule has 0 fully saturated rings. The molecule has 0 unspecified atom stereocenters. The van der Waals surface area contributed by atoms with Gasteiger partial charge in [-0.25, -0.2) is 4.79 Å². The number of hydrogen-bond acceptors (Lipinski definition) is 2. The van der Waals surface area contributed by atoms with Crippen molar-refractivity contribution in [2.24, 2.45) is 0 Å². The molecule has 0 bridgehead atoms. The molecule has 4 nitrogen and oxygen atoms in total.